The van der Waals surface area contributed by atoms with E-state index in [9.17, 15) is 4.79 Å². The van der Waals surface area contributed by atoms with Gasteiger partial charge in [-0.25, -0.2) is 0 Å². The molecule has 1 amide bonds. The molecule has 6 heteroatoms. The van der Waals surface area contributed by atoms with Crippen molar-refractivity contribution in [2.75, 3.05) is 0 Å². The molecule has 2 heterocycles. The number of nitrogens with two attached hydrogens (primary N) is 1. The van der Waals surface area contributed by atoms with Gasteiger partial charge in [-0.15, -0.1) is 0 Å². The standard InChI is InChI=1S/C11H15N5O/c1-16-7-9(6-15-16)10(12)11(17)14-5-8-2-3-13-4-8/h2-4,6-7,10,13H,5,12H2,1H3,(H,14,17). The van der Waals surface area contributed by atoms with Crippen LogP contribution >= 0.6 is 0 Å². The van der Waals surface area contributed by atoms with Crippen molar-refractivity contribution in [1.82, 2.24) is 20.1 Å². The van der Waals surface area contributed by atoms with Crippen molar-refractivity contribution in [3.05, 3.63) is 42.0 Å². The summed E-state index contributed by atoms with van der Waals surface area (Å²) in [5, 5.41) is 6.75. The number of hydrogen-bond donors (Lipinski definition) is 3. The van der Waals surface area contributed by atoms with Crippen LogP contribution in [0.2, 0.25) is 0 Å². The third-order valence-corrected chi connectivity index (χ3v) is 2.50. The average molecular weight is 233 g/mol. The van der Waals surface area contributed by atoms with E-state index in [4.69, 9.17) is 5.73 Å². The van der Waals surface area contributed by atoms with E-state index >= 15 is 0 Å². The van der Waals surface area contributed by atoms with Crippen LogP contribution in [0.5, 0.6) is 0 Å². The predicted molar refractivity (Wildman–Crippen MR) is 62.8 cm³/mol. The highest BCUT2D eigenvalue weighted by molar-refractivity contribution is 5.82. The molecule has 0 fully saturated rings. The Bertz CT molecular complexity index is 488. The molecule has 0 saturated heterocycles. The van der Waals surface area contributed by atoms with Gasteiger partial charge in [0.15, 0.2) is 0 Å². The second-order valence-electron chi connectivity index (χ2n) is 3.86. The highest BCUT2D eigenvalue weighted by Gasteiger charge is 2.16. The summed E-state index contributed by atoms with van der Waals surface area (Å²) in [6.45, 7) is 0.469. The van der Waals surface area contributed by atoms with Crippen LogP contribution in [0, 0.1) is 0 Å². The number of nitrogens with one attached hydrogen (secondary N) is 2. The van der Waals surface area contributed by atoms with Gasteiger partial charge in [0, 0.05) is 37.7 Å². The van der Waals surface area contributed by atoms with Crippen LogP contribution in [0.4, 0.5) is 0 Å². The van der Waals surface area contributed by atoms with Crippen molar-refractivity contribution < 1.29 is 4.79 Å². The number of carbonyl (C=O) groups is 1. The van der Waals surface area contributed by atoms with Gasteiger partial charge in [0.05, 0.1) is 6.20 Å². The molecule has 2 rings (SSSR count). The molecule has 2 aromatic heterocycles. The van der Waals surface area contributed by atoms with Gasteiger partial charge in [-0.1, -0.05) is 0 Å². The molecular formula is C11H15N5O. The summed E-state index contributed by atoms with van der Waals surface area (Å²) < 4.78 is 1.62. The van der Waals surface area contributed by atoms with Gasteiger partial charge in [0.25, 0.3) is 0 Å². The molecule has 0 aliphatic rings. The van der Waals surface area contributed by atoms with Crippen molar-refractivity contribution in [3.8, 4) is 0 Å². The van der Waals surface area contributed by atoms with Gasteiger partial charge in [-0.3, -0.25) is 9.48 Å². The van der Waals surface area contributed by atoms with E-state index in [1.54, 1.807) is 24.1 Å². The smallest absolute Gasteiger partial charge is 0.241 e. The van der Waals surface area contributed by atoms with Crippen LogP contribution in [0.1, 0.15) is 17.2 Å². The van der Waals surface area contributed by atoms with Crippen LogP contribution in [0.3, 0.4) is 0 Å². The Balaban J connectivity index is 1.91. The lowest BCUT2D eigenvalue weighted by atomic mass is 10.1. The lowest BCUT2D eigenvalue weighted by Gasteiger charge is -2.09. The van der Waals surface area contributed by atoms with Crippen molar-refractivity contribution in [2.24, 2.45) is 12.8 Å². The molecule has 0 bridgehead atoms. The summed E-state index contributed by atoms with van der Waals surface area (Å²) in [6.07, 6.45) is 6.97. The first-order valence-electron chi connectivity index (χ1n) is 5.30. The zero-order valence-electron chi connectivity index (χ0n) is 9.55. The van der Waals surface area contributed by atoms with E-state index in [0.29, 0.717) is 12.1 Å². The molecule has 90 valence electrons. The quantitative estimate of drug-likeness (QED) is 0.698. The van der Waals surface area contributed by atoms with E-state index in [1.165, 1.54) is 0 Å². The number of rotatable bonds is 4. The van der Waals surface area contributed by atoms with Crippen molar-refractivity contribution in [2.45, 2.75) is 12.6 Å². The fraction of sp³-hybridized carbons (Fsp3) is 0.273. The van der Waals surface area contributed by atoms with Crippen LogP contribution in [0.25, 0.3) is 0 Å². The first-order chi connectivity index (χ1) is 8.16. The molecule has 2 aromatic rings. The molecule has 0 aliphatic carbocycles. The Morgan fingerprint density at radius 2 is 2.53 bits per heavy atom. The maximum absolute atomic E-state index is 11.8. The Hall–Kier alpha value is -2.08. The van der Waals surface area contributed by atoms with Crippen molar-refractivity contribution >= 4 is 5.91 Å². The summed E-state index contributed by atoms with van der Waals surface area (Å²) in [7, 11) is 1.79. The first kappa shape index (κ1) is 11.4. The third-order valence-electron chi connectivity index (χ3n) is 2.50. The SMILES string of the molecule is Cn1cc(C(N)C(=O)NCc2cc[nH]c2)cn1. The summed E-state index contributed by atoms with van der Waals surface area (Å²) in [4.78, 5) is 14.7. The summed E-state index contributed by atoms with van der Waals surface area (Å²) in [5.74, 6) is -0.209. The predicted octanol–water partition coefficient (Wildman–Crippen LogP) is 0.0644. The fourth-order valence-electron chi connectivity index (χ4n) is 1.52. The van der Waals surface area contributed by atoms with Crippen LogP contribution in [-0.4, -0.2) is 20.7 Å². The summed E-state index contributed by atoms with van der Waals surface area (Å²) in [5.41, 5.74) is 7.54. The minimum Gasteiger partial charge on any atom is -0.367 e. The molecular weight excluding hydrogens is 218 g/mol. The number of aromatic nitrogens is 3. The molecule has 1 unspecified atom stereocenters. The molecule has 0 aromatic carbocycles. The normalized spacial score (nSPS) is 12.4. The molecule has 1 atom stereocenters. The number of aryl methyl sites for hydroxylation is 1. The Labute approximate surface area is 98.8 Å². The highest BCUT2D eigenvalue weighted by Crippen LogP contribution is 2.08. The third kappa shape index (κ3) is 2.73. The largest absolute Gasteiger partial charge is 0.367 e. The number of amides is 1. The molecule has 0 saturated carbocycles. The highest BCUT2D eigenvalue weighted by atomic mass is 16.2. The second-order valence-corrected chi connectivity index (χ2v) is 3.86. The average Bonchev–Trinajstić information content (AvgIpc) is 2.95. The minimum atomic E-state index is -0.678. The van der Waals surface area contributed by atoms with E-state index in [1.807, 2.05) is 18.5 Å². The van der Waals surface area contributed by atoms with Crippen molar-refractivity contribution in [1.29, 1.82) is 0 Å². The van der Waals surface area contributed by atoms with E-state index in [2.05, 4.69) is 15.4 Å². The summed E-state index contributed by atoms with van der Waals surface area (Å²) in [6, 6.07) is 1.22. The lowest BCUT2D eigenvalue weighted by molar-refractivity contribution is -0.122. The number of H-pyrrole nitrogens is 1. The lowest BCUT2D eigenvalue weighted by Crippen LogP contribution is -2.33. The number of hydrogen-bond acceptors (Lipinski definition) is 3. The maximum Gasteiger partial charge on any atom is 0.241 e. The van der Waals surface area contributed by atoms with Gasteiger partial charge < -0.3 is 16.0 Å². The number of carbonyl (C=O) groups excluding carboxylic acids is 1. The zero-order chi connectivity index (χ0) is 12.3. The minimum absolute atomic E-state index is 0.209. The first-order valence-corrected chi connectivity index (χ1v) is 5.30. The topological polar surface area (TPSA) is 88.7 Å². The summed E-state index contributed by atoms with van der Waals surface area (Å²) >= 11 is 0. The molecule has 0 aliphatic heterocycles. The van der Waals surface area contributed by atoms with Gasteiger partial charge in [0.2, 0.25) is 5.91 Å². The van der Waals surface area contributed by atoms with Crippen LogP contribution in [0.15, 0.2) is 30.9 Å². The maximum atomic E-state index is 11.8. The zero-order valence-corrected chi connectivity index (χ0v) is 9.55. The van der Waals surface area contributed by atoms with Crippen LogP contribution in [-0.2, 0) is 18.4 Å². The van der Waals surface area contributed by atoms with Gasteiger partial charge >= 0.3 is 0 Å². The fourth-order valence-corrected chi connectivity index (χ4v) is 1.52. The van der Waals surface area contributed by atoms with E-state index in [-0.39, 0.29) is 5.91 Å². The van der Waals surface area contributed by atoms with Gasteiger partial charge in [0.1, 0.15) is 6.04 Å². The molecule has 6 nitrogen and oxygen atoms in total. The molecule has 0 radical (unpaired) electrons. The second kappa shape index (κ2) is 4.84. The van der Waals surface area contributed by atoms with E-state index < -0.39 is 6.04 Å². The van der Waals surface area contributed by atoms with Gasteiger partial charge in [-0.2, -0.15) is 5.10 Å². The Morgan fingerprint density at radius 3 is 3.12 bits per heavy atom. The molecule has 17 heavy (non-hydrogen) atoms. The van der Waals surface area contributed by atoms with Crippen LogP contribution < -0.4 is 11.1 Å². The molecule has 4 N–H and O–H groups in total. The van der Waals surface area contributed by atoms with E-state index in [0.717, 1.165) is 5.56 Å². The number of aromatic amines is 1. The monoisotopic (exact) mass is 233 g/mol. The Kier molecular flexibility index (Phi) is 3.24. The molecule has 0 spiro atoms. The number of nitrogens with zero attached hydrogens (tertiary/aromatic N) is 2. The van der Waals surface area contributed by atoms with Gasteiger partial charge in [-0.05, 0) is 11.6 Å². The van der Waals surface area contributed by atoms with Crippen molar-refractivity contribution in [3.63, 3.8) is 0 Å². The Morgan fingerprint density at radius 1 is 1.71 bits per heavy atom.